The van der Waals surface area contributed by atoms with E-state index in [0.29, 0.717) is 24.6 Å². The number of methoxy groups -OCH3 is 1. The van der Waals surface area contributed by atoms with E-state index in [1.807, 2.05) is 17.0 Å². The molecule has 1 aliphatic rings. The molecular formula is C20H19BrClN3O2. The zero-order valence-corrected chi connectivity index (χ0v) is 17.2. The molecule has 1 aromatic carbocycles. The molecule has 0 aliphatic carbocycles. The molecule has 140 valence electrons. The molecule has 0 saturated carbocycles. The van der Waals surface area contributed by atoms with Gasteiger partial charge in [-0.15, -0.1) is 0 Å². The van der Waals surface area contributed by atoms with Gasteiger partial charge in [0.15, 0.2) is 0 Å². The van der Waals surface area contributed by atoms with E-state index >= 15 is 0 Å². The number of fused-ring (bicyclic) bond motifs is 1. The molecule has 4 rings (SSSR count). The summed E-state index contributed by atoms with van der Waals surface area (Å²) in [6.45, 7) is 1.39. The van der Waals surface area contributed by atoms with Crippen LogP contribution in [0.25, 0.3) is 10.9 Å². The summed E-state index contributed by atoms with van der Waals surface area (Å²) < 4.78 is 6.11. The van der Waals surface area contributed by atoms with Crippen LogP contribution in [0.1, 0.15) is 34.7 Å². The Bertz CT molecular complexity index is 996. The highest BCUT2D eigenvalue weighted by Gasteiger charge is 2.27. The first-order valence-electron chi connectivity index (χ1n) is 8.82. The van der Waals surface area contributed by atoms with Gasteiger partial charge in [-0.1, -0.05) is 11.6 Å². The summed E-state index contributed by atoms with van der Waals surface area (Å²) >= 11 is 9.47. The average molecular weight is 449 g/mol. The van der Waals surface area contributed by atoms with E-state index < -0.39 is 0 Å². The van der Waals surface area contributed by atoms with E-state index in [1.54, 1.807) is 19.4 Å². The van der Waals surface area contributed by atoms with Gasteiger partial charge in [-0.25, -0.2) is 4.98 Å². The number of nitrogens with one attached hydrogen (secondary N) is 1. The third-order valence-corrected chi connectivity index (χ3v) is 5.91. The van der Waals surface area contributed by atoms with E-state index in [2.05, 4.69) is 38.2 Å². The van der Waals surface area contributed by atoms with Crippen LogP contribution in [0.15, 0.2) is 41.1 Å². The minimum atomic E-state index is -0.0622. The molecule has 1 fully saturated rings. The zero-order chi connectivity index (χ0) is 19.0. The number of hydrogen-bond acceptors (Lipinski definition) is 3. The number of aromatic amines is 1. The Labute approximate surface area is 170 Å². The Morgan fingerprint density at radius 3 is 2.85 bits per heavy atom. The normalized spacial score (nSPS) is 15.3. The van der Waals surface area contributed by atoms with Crippen LogP contribution in [-0.2, 0) is 0 Å². The monoisotopic (exact) mass is 447 g/mol. The van der Waals surface area contributed by atoms with Crippen LogP contribution in [-0.4, -0.2) is 41.0 Å². The number of ether oxygens (including phenoxy) is 1. The van der Waals surface area contributed by atoms with Crippen molar-refractivity contribution >= 4 is 44.3 Å². The van der Waals surface area contributed by atoms with Gasteiger partial charge in [0.25, 0.3) is 5.91 Å². The molecule has 1 aliphatic heterocycles. The van der Waals surface area contributed by atoms with E-state index in [-0.39, 0.29) is 11.1 Å². The SMILES string of the molecule is COc1ccc2[nH]cc(C3CCN(C(=O)c4cc(Br)cnc4Cl)CC3)c2c1. The van der Waals surface area contributed by atoms with Gasteiger partial charge in [0, 0.05) is 40.9 Å². The maximum absolute atomic E-state index is 12.8. The first-order chi connectivity index (χ1) is 13.1. The quantitative estimate of drug-likeness (QED) is 0.573. The van der Waals surface area contributed by atoms with Gasteiger partial charge in [0.2, 0.25) is 0 Å². The minimum Gasteiger partial charge on any atom is -0.497 e. The van der Waals surface area contributed by atoms with Gasteiger partial charge in [-0.05, 0) is 64.5 Å². The lowest BCUT2D eigenvalue weighted by Crippen LogP contribution is -2.38. The number of likely N-dealkylation sites (tertiary alicyclic amines) is 1. The number of rotatable bonds is 3. The number of aromatic nitrogens is 2. The molecule has 0 radical (unpaired) electrons. The van der Waals surface area contributed by atoms with Crippen molar-refractivity contribution in [2.45, 2.75) is 18.8 Å². The van der Waals surface area contributed by atoms with Crippen molar-refractivity contribution in [3.63, 3.8) is 0 Å². The number of nitrogens with zero attached hydrogens (tertiary/aromatic N) is 2. The number of benzene rings is 1. The fourth-order valence-corrected chi connectivity index (χ4v) is 4.24. The standard InChI is InChI=1S/C20H19BrClN3O2/c1-27-14-2-3-18-15(9-14)17(11-23-18)12-4-6-25(7-5-12)20(26)16-8-13(21)10-24-19(16)22/h2-3,8-12,23H,4-7H2,1H3. The van der Waals surface area contributed by atoms with Crippen molar-refractivity contribution in [2.75, 3.05) is 20.2 Å². The predicted molar refractivity (Wildman–Crippen MR) is 110 cm³/mol. The van der Waals surface area contributed by atoms with Gasteiger partial charge >= 0.3 is 0 Å². The Kier molecular flexibility index (Phi) is 5.10. The second-order valence-electron chi connectivity index (χ2n) is 6.71. The Morgan fingerprint density at radius 2 is 2.11 bits per heavy atom. The molecule has 3 heterocycles. The summed E-state index contributed by atoms with van der Waals surface area (Å²) in [5.74, 6) is 1.20. The lowest BCUT2D eigenvalue weighted by Gasteiger charge is -2.32. The fourth-order valence-electron chi connectivity index (χ4n) is 3.72. The molecule has 1 amide bonds. The smallest absolute Gasteiger partial charge is 0.257 e. The van der Waals surface area contributed by atoms with E-state index in [0.717, 1.165) is 28.6 Å². The van der Waals surface area contributed by atoms with Crippen molar-refractivity contribution in [3.8, 4) is 5.75 Å². The van der Waals surface area contributed by atoms with Crippen molar-refractivity contribution < 1.29 is 9.53 Å². The number of amides is 1. The zero-order valence-electron chi connectivity index (χ0n) is 14.8. The summed E-state index contributed by atoms with van der Waals surface area (Å²) in [4.78, 5) is 22.1. The molecule has 27 heavy (non-hydrogen) atoms. The van der Waals surface area contributed by atoms with E-state index in [9.17, 15) is 4.79 Å². The molecule has 0 bridgehead atoms. The third kappa shape index (κ3) is 3.56. The average Bonchev–Trinajstić information content (AvgIpc) is 3.12. The summed E-state index contributed by atoms with van der Waals surface area (Å²) in [5.41, 5.74) is 2.84. The summed E-state index contributed by atoms with van der Waals surface area (Å²) in [7, 11) is 1.68. The Hall–Kier alpha value is -2.05. The molecule has 5 nitrogen and oxygen atoms in total. The Morgan fingerprint density at radius 1 is 1.33 bits per heavy atom. The second kappa shape index (κ2) is 7.52. The number of pyridine rings is 1. The van der Waals surface area contributed by atoms with Gasteiger partial charge < -0.3 is 14.6 Å². The molecule has 7 heteroatoms. The molecule has 2 aromatic heterocycles. The van der Waals surface area contributed by atoms with Crippen molar-refractivity contribution in [2.24, 2.45) is 0 Å². The number of halogens is 2. The van der Waals surface area contributed by atoms with Crippen molar-refractivity contribution in [3.05, 3.63) is 57.4 Å². The van der Waals surface area contributed by atoms with Crippen LogP contribution in [0.5, 0.6) is 5.75 Å². The van der Waals surface area contributed by atoms with Gasteiger partial charge in [-0.2, -0.15) is 0 Å². The van der Waals surface area contributed by atoms with Crippen molar-refractivity contribution in [1.82, 2.24) is 14.9 Å². The topological polar surface area (TPSA) is 58.2 Å². The number of piperidine rings is 1. The number of H-pyrrole nitrogens is 1. The highest BCUT2D eigenvalue weighted by atomic mass is 79.9. The first kappa shape index (κ1) is 18.3. The summed E-state index contributed by atoms with van der Waals surface area (Å²) in [6.07, 6.45) is 5.50. The van der Waals surface area contributed by atoms with Crippen LogP contribution in [0.2, 0.25) is 5.15 Å². The summed E-state index contributed by atoms with van der Waals surface area (Å²) in [6, 6.07) is 7.81. The highest BCUT2D eigenvalue weighted by molar-refractivity contribution is 9.10. The van der Waals surface area contributed by atoms with Crippen LogP contribution < -0.4 is 4.74 Å². The highest BCUT2D eigenvalue weighted by Crippen LogP contribution is 2.35. The number of hydrogen-bond donors (Lipinski definition) is 1. The van der Waals surface area contributed by atoms with Gasteiger partial charge in [0.05, 0.1) is 12.7 Å². The molecule has 1 N–H and O–H groups in total. The molecule has 0 spiro atoms. The lowest BCUT2D eigenvalue weighted by molar-refractivity contribution is 0.0713. The molecule has 1 saturated heterocycles. The van der Waals surface area contributed by atoms with Crippen LogP contribution in [0.4, 0.5) is 0 Å². The van der Waals surface area contributed by atoms with Crippen molar-refractivity contribution in [1.29, 1.82) is 0 Å². The molecule has 0 atom stereocenters. The number of carbonyl (C=O) groups excluding carboxylic acids is 1. The second-order valence-corrected chi connectivity index (χ2v) is 7.99. The molecule has 0 unspecified atom stereocenters. The predicted octanol–water partition coefficient (Wildman–Crippen LogP) is 5.01. The van der Waals surface area contributed by atoms with Crippen LogP contribution >= 0.6 is 27.5 Å². The molecular weight excluding hydrogens is 430 g/mol. The fraction of sp³-hybridized carbons (Fsp3) is 0.300. The largest absolute Gasteiger partial charge is 0.497 e. The Balaban J connectivity index is 1.51. The lowest BCUT2D eigenvalue weighted by atomic mass is 9.89. The summed E-state index contributed by atoms with van der Waals surface area (Å²) in [5, 5.41) is 1.44. The minimum absolute atomic E-state index is 0.0622. The third-order valence-electron chi connectivity index (χ3n) is 5.18. The number of carbonyl (C=O) groups is 1. The van der Waals surface area contributed by atoms with Crippen LogP contribution in [0.3, 0.4) is 0 Å². The van der Waals surface area contributed by atoms with E-state index in [1.165, 1.54) is 10.9 Å². The van der Waals surface area contributed by atoms with Crippen LogP contribution in [0, 0.1) is 0 Å². The van der Waals surface area contributed by atoms with Gasteiger partial charge in [-0.3, -0.25) is 4.79 Å². The molecule has 3 aromatic rings. The van der Waals surface area contributed by atoms with E-state index in [4.69, 9.17) is 16.3 Å². The van der Waals surface area contributed by atoms with Gasteiger partial charge in [0.1, 0.15) is 10.9 Å². The maximum Gasteiger partial charge on any atom is 0.257 e. The maximum atomic E-state index is 12.8. The first-order valence-corrected chi connectivity index (χ1v) is 9.99.